The van der Waals surface area contributed by atoms with Crippen LogP contribution in [0.25, 0.3) is 0 Å². The number of carbonyl (C=O) groups excluding carboxylic acids is 1. The van der Waals surface area contributed by atoms with Gasteiger partial charge < -0.3 is 24.3 Å². The van der Waals surface area contributed by atoms with Crippen LogP contribution in [-0.4, -0.2) is 44.3 Å². The van der Waals surface area contributed by atoms with Crippen LogP contribution in [0.1, 0.15) is 5.76 Å². The average Bonchev–Trinajstić information content (AvgIpc) is 3.08. The smallest absolute Gasteiger partial charge is 0.321 e. The standard InChI is InChI=1S/C17H20FN3O3/c1-20(12-14-3-2-8-24-14)17(22)19-13-4-5-16(15(18)11-13)21-6-9-23-10-7-21/h2-5,8,11H,6-7,9-10,12H2,1H3,(H,19,22). The lowest BCUT2D eigenvalue weighted by Crippen LogP contribution is -2.36. The molecule has 1 aliphatic rings. The van der Waals surface area contributed by atoms with E-state index in [0.29, 0.717) is 50.0 Å². The van der Waals surface area contributed by atoms with Crippen LogP contribution in [0.3, 0.4) is 0 Å². The average molecular weight is 333 g/mol. The van der Waals surface area contributed by atoms with Crippen LogP contribution in [-0.2, 0) is 11.3 Å². The van der Waals surface area contributed by atoms with Crippen molar-refractivity contribution in [3.8, 4) is 0 Å². The molecule has 1 aliphatic heterocycles. The van der Waals surface area contributed by atoms with Crippen LogP contribution in [0.5, 0.6) is 0 Å². The summed E-state index contributed by atoms with van der Waals surface area (Å²) in [4.78, 5) is 15.6. The number of rotatable bonds is 4. The number of benzene rings is 1. The van der Waals surface area contributed by atoms with Crippen molar-refractivity contribution in [1.82, 2.24) is 4.90 Å². The third-order valence-corrected chi connectivity index (χ3v) is 3.87. The van der Waals surface area contributed by atoms with Crippen molar-refractivity contribution in [2.75, 3.05) is 43.6 Å². The fraction of sp³-hybridized carbons (Fsp3) is 0.353. The van der Waals surface area contributed by atoms with Gasteiger partial charge >= 0.3 is 6.03 Å². The van der Waals surface area contributed by atoms with E-state index in [4.69, 9.17) is 9.15 Å². The lowest BCUT2D eigenvalue weighted by molar-refractivity contribution is 0.122. The molecule has 1 fully saturated rings. The van der Waals surface area contributed by atoms with E-state index < -0.39 is 0 Å². The first kappa shape index (κ1) is 16.3. The van der Waals surface area contributed by atoms with E-state index in [0.717, 1.165) is 0 Å². The van der Waals surface area contributed by atoms with Crippen LogP contribution in [0, 0.1) is 5.82 Å². The van der Waals surface area contributed by atoms with Crippen molar-refractivity contribution in [2.24, 2.45) is 0 Å². The highest BCUT2D eigenvalue weighted by molar-refractivity contribution is 5.89. The number of urea groups is 1. The molecule has 1 aromatic carbocycles. The van der Waals surface area contributed by atoms with Crippen LogP contribution in [0.2, 0.25) is 0 Å². The molecule has 0 saturated carbocycles. The Morgan fingerprint density at radius 3 is 2.79 bits per heavy atom. The molecule has 1 saturated heterocycles. The molecule has 1 aromatic heterocycles. The lowest BCUT2D eigenvalue weighted by Gasteiger charge is -2.29. The van der Waals surface area contributed by atoms with Crippen molar-refractivity contribution >= 4 is 17.4 Å². The second kappa shape index (κ2) is 7.35. The van der Waals surface area contributed by atoms with Crippen LogP contribution in [0.4, 0.5) is 20.6 Å². The zero-order valence-corrected chi connectivity index (χ0v) is 13.5. The Balaban J connectivity index is 1.62. The summed E-state index contributed by atoms with van der Waals surface area (Å²) in [6, 6.07) is 7.95. The maximum Gasteiger partial charge on any atom is 0.321 e. The Kier molecular flexibility index (Phi) is 5.00. The minimum atomic E-state index is -0.358. The normalized spacial score (nSPS) is 14.5. The molecule has 0 spiro atoms. The molecule has 0 radical (unpaired) electrons. The Bertz CT molecular complexity index is 684. The number of anilines is 2. The van der Waals surface area contributed by atoms with E-state index in [2.05, 4.69) is 5.32 Å². The molecule has 3 rings (SSSR count). The summed E-state index contributed by atoms with van der Waals surface area (Å²) >= 11 is 0. The maximum atomic E-state index is 14.3. The largest absolute Gasteiger partial charge is 0.467 e. The maximum absolute atomic E-state index is 14.3. The molecule has 0 unspecified atom stereocenters. The van der Waals surface area contributed by atoms with Crippen LogP contribution >= 0.6 is 0 Å². The van der Waals surface area contributed by atoms with Gasteiger partial charge in [0.1, 0.15) is 11.6 Å². The fourth-order valence-corrected chi connectivity index (χ4v) is 2.57. The fourth-order valence-electron chi connectivity index (χ4n) is 2.57. The van der Waals surface area contributed by atoms with E-state index in [9.17, 15) is 9.18 Å². The quantitative estimate of drug-likeness (QED) is 0.935. The van der Waals surface area contributed by atoms with Gasteiger partial charge in [0.2, 0.25) is 0 Å². The number of amides is 2. The molecular weight excluding hydrogens is 313 g/mol. The number of halogens is 1. The van der Waals surface area contributed by atoms with E-state index in [1.807, 2.05) is 4.90 Å². The van der Waals surface area contributed by atoms with Gasteiger partial charge in [0.15, 0.2) is 0 Å². The second-order valence-corrected chi connectivity index (χ2v) is 5.63. The SMILES string of the molecule is CN(Cc1ccco1)C(=O)Nc1ccc(N2CCOCC2)c(F)c1. The zero-order valence-electron chi connectivity index (χ0n) is 13.5. The number of nitrogens with one attached hydrogen (secondary N) is 1. The molecule has 1 N–H and O–H groups in total. The molecular formula is C17H20FN3O3. The Morgan fingerprint density at radius 1 is 1.33 bits per heavy atom. The number of hydrogen-bond acceptors (Lipinski definition) is 4. The number of hydrogen-bond donors (Lipinski definition) is 1. The number of furan rings is 1. The van der Waals surface area contributed by atoms with Gasteiger partial charge in [-0.3, -0.25) is 0 Å². The number of morpholine rings is 1. The summed E-state index contributed by atoms with van der Waals surface area (Å²) in [5.74, 6) is 0.324. The van der Waals surface area contributed by atoms with Crippen LogP contribution in [0.15, 0.2) is 41.0 Å². The molecule has 0 aliphatic carbocycles. The molecule has 24 heavy (non-hydrogen) atoms. The summed E-state index contributed by atoms with van der Waals surface area (Å²) in [5, 5.41) is 2.69. The summed E-state index contributed by atoms with van der Waals surface area (Å²) in [5.41, 5.74) is 0.945. The van der Waals surface area contributed by atoms with Gasteiger partial charge in [-0.05, 0) is 30.3 Å². The number of ether oxygens (including phenoxy) is 1. The van der Waals surface area contributed by atoms with Gasteiger partial charge in [-0.1, -0.05) is 0 Å². The minimum Gasteiger partial charge on any atom is -0.467 e. The minimum absolute atomic E-state index is 0.329. The molecule has 2 heterocycles. The van der Waals surface area contributed by atoms with E-state index in [1.165, 1.54) is 11.0 Å². The third kappa shape index (κ3) is 3.86. The highest BCUT2D eigenvalue weighted by Gasteiger charge is 2.16. The molecule has 2 aromatic rings. The van der Waals surface area contributed by atoms with E-state index in [-0.39, 0.29) is 11.8 Å². The first-order chi connectivity index (χ1) is 11.6. The Labute approximate surface area is 139 Å². The monoisotopic (exact) mass is 333 g/mol. The van der Waals surface area contributed by atoms with Gasteiger partial charge in [0, 0.05) is 25.8 Å². The molecule has 0 bridgehead atoms. The predicted octanol–water partition coefficient (Wildman–Crippen LogP) is 2.92. The van der Waals surface area contributed by atoms with Crippen molar-refractivity contribution in [2.45, 2.75) is 6.54 Å². The molecule has 0 atom stereocenters. The highest BCUT2D eigenvalue weighted by atomic mass is 19.1. The van der Waals surface area contributed by atoms with E-state index >= 15 is 0 Å². The van der Waals surface area contributed by atoms with Crippen molar-refractivity contribution < 1.29 is 18.3 Å². The summed E-state index contributed by atoms with van der Waals surface area (Å²) in [7, 11) is 1.65. The summed E-state index contributed by atoms with van der Waals surface area (Å²) in [6.07, 6.45) is 1.56. The van der Waals surface area contributed by atoms with Gasteiger partial charge in [-0.2, -0.15) is 0 Å². The predicted molar refractivity (Wildman–Crippen MR) is 88.6 cm³/mol. The summed E-state index contributed by atoms with van der Waals surface area (Å²) < 4.78 is 24.8. The highest BCUT2D eigenvalue weighted by Crippen LogP contribution is 2.24. The second-order valence-electron chi connectivity index (χ2n) is 5.63. The molecule has 128 valence electrons. The van der Waals surface area contributed by atoms with Gasteiger partial charge in [-0.25, -0.2) is 9.18 Å². The molecule has 6 nitrogen and oxygen atoms in total. The van der Waals surface area contributed by atoms with Gasteiger partial charge in [0.25, 0.3) is 0 Å². The summed E-state index contributed by atoms with van der Waals surface area (Å²) in [6.45, 7) is 2.85. The first-order valence-corrected chi connectivity index (χ1v) is 7.80. The molecule has 2 amide bonds. The van der Waals surface area contributed by atoms with Crippen molar-refractivity contribution in [3.05, 3.63) is 48.2 Å². The van der Waals surface area contributed by atoms with Crippen molar-refractivity contribution in [3.63, 3.8) is 0 Å². The first-order valence-electron chi connectivity index (χ1n) is 7.80. The zero-order chi connectivity index (χ0) is 16.9. The Hall–Kier alpha value is -2.54. The Morgan fingerprint density at radius 2 is 2.12 bits per heavy atom. The topological polar surface area (TPSA) is 58.0 Å². The third-order valence-electron chi connectivity index (χ3n) is 3.87. The number of carbonyl (C=O) groups is 1. The van der Waals surface area contributed by atoms with Crippen molar-refractivity contribution in [1.29, 1.82) is 0 Å². The van der Waals surface area contributed by atoms with Crippen LogP contribution < -0.4 is 10.2 Å². The van der Waals surface area contributed by atoms with E-state index in [1.54, 1.807) is 37.6 Å². The number of nitrogens with zero attached hydrogens (tertiary/aromatic N) is 2. The van der Waals surface area contributed by atoms with Gasteiger partial charge in [-0.15, -0.1) is 0 Å². The van der Waals surface area contributed by atoms with Gasteiger partial charge in [0.05, 0.1) is 31.7 Å². The lowest BCUT2D eigenvalue weighted by atomic mass is 10.2. The molecule has 7 heteroatoms.